The molecule has 1 aliphatic heterocycles. The molecule has 1 spiro atoms. The van der Waals surface area contributed by atoms with Gasteiger partial charge in [-0.2, -0.15) is 0 Å². The number of nitrogens with two attached hydrogens (primary N) is 1. The maximum atomic E-state index is 10.5. The van der Waals surface area contributed by atoms with E-state index >= 15 is 0 Å². The Morgan fingerprint density at radius 3 is 2.54 bits per heavy atom. The van der Waals surface area contributed by atoms with E-state index in [0.29, 0.717) is 11.3 Å². The fraction of sp³-hybridized carbons (Fsp3) is 0.889. The van der Waals surface area contributed by atoms with Gasteiger partial charge in [-0.1, -0.05) is 0 Å². The molecule has 2 rings (SSSR count). The van der Waals surface area contributed by atoms with Crippen LogP contribution in [0.2, 0.25) is 0 Å². The minimum Gasteiger partial charge on any atom is -0.465 e. The third-order valence-electron chi connectivity index (χ3n) is 3.46. The summed E-state index contributed by atoms with van der Waals surface area (Å²) < 4.78 is 0. The van der Waals surface area contributed by atoms with Crippen LogP contribution in [0.1, 0.15) is 19.8 Å². The number of hydrogen-bond acceptors (Lipinski definition) is 2. The van der Waals surface area contributed by atoms with E-state index in [4.69, 9.17) is 10.8 Å². The largest absolute Gasteiger partial charge is 0.465 e. The highest BCUT2D eigenvalue weighted by atomic mass is 16.4. The summed E-state index contributed by atoms with van der Waals surface area (Å²) in [4.78, 5) is 12.0. The Kier molecular flexibility index (Phi) is 1.77. The molecule has 1 atom stereocenters. The minimum atomic E-state index is -0.783. The lowest BCUT2D eigenvalue weighted by atomic mass is 9.56. The van der Waals surface area contributed by atoms with Crippen molar-refractivity contribution in [1.29, 1.82) is 0 Å². The molecule has 0 radical (unpaired) electrons. The van der Waals surface area contributed by atoms with Crippen molar-refractivity contribution in [3.05, 3.63) is 0 Å². The Morgan fingerprint density at radius 1 is 1.62 bits per heavy atom. The van der Waals surface area contributed by atoms with E-state index in [1.165, 1.54) is 4.90 Å². The van der Waals surface area contributed by atoms with Crippen LogP contribution in [-0.4, -0.2) is 35.2 Å². The van der Waals surface area contributed by atoms with Crippen LogP contribution in [0.25, 0.3) is 0 Å². The first kappa shape index (κ1) is 8.81. The summed E-state index contributed by atoms with van der Waals surface area (Å²) in [5.41, 5.74) is 6.08. The molecule has 0 aromatic rings. The molecule has 1 heterocycles. The first-order valence-corrected chi connectivity index (χ1v) is 4.76. The molecule has 1 saturated heterocycles. The van der Waals surface area contributed by atoms with Crippen LogP contribution < -0.4 is 5.73 Å². The molecule has 74 valence electrons. The van der Waals surface area contributed by atoms with Gasteiger partial charge in [0.15, 0.2) is 0 Å². The predicted molar refractivity (Wildman–Crippen MR) is 48.4 cm³/mol. The summed E-state index contributed by atoms with van der Waals surface area (Å²) in [6.45, 7) is 3.49. The SMILES string of the molecule is CC(N)C1CC2(C1)CN(C(=O)O)C2. The van der Waals surface area contributed by atoms with Gasteiger partial charge in [0.2, 0.25) is 0 Å². The minimum absolute atomic E-state index is 0.268. The highest BCUT2D eigenvalue weighted by Crippen LogP contribution is 2.52. The van der Waals surface area contributed by atoms with Crippen molar-refractivity contribution in [1.82, 2.24) is 4.90 Å². The van der Waals surface area contributed by atoms with Crippen molar-refractivity contribution >= 4 is 6.09 Å². The Bertz CT molecular complexity index is 226. The van der Waals surface area contributed by atoms with Crippen molar-refractivity contribution in [3.63, 3.8) is 0 Å². The summed E-state index contributed by atoms with van der Waals surface area (Å²) in [6.07, 6.45) is 1.46. The number of carboxylic acid groups (broad SMARTS) is 1. The molecule has 0 bridgehead atoms. The molecule has 3 N–H and O–H groups in total. The summed E-state index contributed by atoms with van der Waals surface area (Å²) in [7, 11) is 0. The van der Waals surface area contributed by atoms with Crippen LogP contribution in [0.4, 0.5) is 4.79 Å². The second-order valence-corrected chi connectivity index (χ2v) is 4.67. The fourth-order valence-corrected chi connectivity index (χ4v) is 2.58. The van der Waals surface area contributed by atoms with Crippen LogP contribution in [0, 0.1) is 11.3 Å². The molecule has 0 aromatic carbocycles. The zero-order valence-corrected chi connectivity index (χ0v) is 7.86. The van der Waals surface area contributed by atoms with Gasteiger partial charge in [0.25, 0.3) is 0 Å². The fourth-order valence-electron chi connectivity index (χ4n) is 2.58. The summed E-state index contributed by atoms with van der Waals surface area (Å²) >= 11 is 0. The Labute approximate surface area is 77.7 Å². The quantitative estimate of drug-likeness (QED) is 0.631. The van der Waals surface area contributed by atoms with Gasteiger partial charge >= 0.3 is 6.09 Å². The van der Waals surface area contributed by atoms with Gasteiger partial charge in [0.05, 0.1) is 0 Å². The third kappa shape index (κ3) is 1.29. The second kappa shape index (κ2) is 2.61. The third-order valence-corrected chi connectivity index (χ3v) is 3.46. The lowest BCUT2D eigenvalue weighted by Gasteiger charge is -2.59. The average Bonchev–Trinajstić information content (AvgIpc) is 1.78. The zero-order chi connectivity index (χ0) is 9.64. The average molecular weight is 184 g/mol. The van der Waals surface area contributed by atoms with Crippen LogP contribution in [0.5, 0.6) is 0 Å². The highest BCUT2D eigenvalue weighted by molar-refractivity contribution is 5.66. The normalized spacial score (nSPS) is 28.0. The Morgan fingerprint density at radius 2 is 2.15 bits per heavy atom. The lowest BCUT2D eigenvalue weighted by Crippen LogP contribution is -2.65. The van der Waals surface area contributed by atoms with Gasteiger partial charge < -0.3 is 15.7 Å². The first-order valence-electron chi connectivity index (χ1n) is 4.76. The summed E-state index contributed by atoms with van der Waals surface area (Å²) in [6, 6.07) is 0.268. The molecule has 1 amide bonds. The van der Waals surface area contributed by atoms with E-state index in [-0.39, 0.29) is 6.04 Å². The van der Waals surface area contributed by atoms with E-state index < -0.39 is 6.09 Å². The van der Waals surface area contributed by atoms with E-state index in [1.54, 1.807) is 0 Å². The molecule has 4 heteroatoms. The smallest absolute Gasteiger partial charge is 0.407 e. The standard InChI is InChI=1S/C9H16N2O2/c1-6(10)7-2-9(3-7)4-11(5-9)8(12)13/h6-7H,2-5,10H2,1H3,(H,12,13). The maximum Gasteiger partial charge on any atom is 0.407 e. The van der Waals surface area contributed by atoms with Crippen molar-refractivity contribution in [2.45, 2.75) is 25.8 Å². The Hall–Kier alpha value is -0.770. The number of hydrogen-bond donors (Lipinski definition) is 2. The Balaban J connectivity index is 1.79. The molecule has 13 heavy (non-hydrogen) atoms. The molecule has 1 aliphatic carbocycles. The van der Waals surface area contributed by atoms with Crippen LogP contribution >= 0.6 is 0 Å². The molecule has 0 aromatic heterocycles. The molecule has 1 saturated carbocycles. The van der Waals surface area contributed by atoms with Gasteiger partial charge in [-0.05, 0) is 25.7 Å². The van der Waals surface area contributed by atoms with Crippen molar-refractivity contribution < 1.29 is 9.90 Å². The predicted octanol–water partition coefficient (Wildman–Crippen LogP) is 0.724. The van der Waals surface area contributed by atoms with Crippen LogP contribution in [-0.2, 0) is 0 Å². The van der Waals surface area contributed by atoms with Gasteiger partial charge in [-0.3, -0.25) is 0 Å². The van der Waals surface area contributed by atoms with Gasteiger partial charge in [-0.15, -0.1) is 0 Å². The van der Waals surface area contributed by atoms with Gasteiger partial charge in [0.1, 0.15) is 0 Å². The summed E-state index contributed by atoms with van der Waals surface area (Å²) in [5, 5.41) is 8.66. The molecule has 4 nitrogen and oxygen atoms in total. The number of amides is 1. The van der Waals surface area contributed by atoms with E-state index in [0.717, 1.165) is 25.9 Å². The van der Waals surface area contributed by atoms with E-state index in [9.17, 15) is 4.79 Å². The molecule has 2 aliphatic rings. The van der Waals surface area contributed by atoms with E-state index in [1.807, 2.05) is 6.92 Å². The first-order chi connectivity index (χ1) is 6.02. The molecule has 2 fully saturated rings. The number of carbonyl (C=O) groups is 1. The van der Waals surface area contributed by atoms with E-state index in [2.05, 4.69) is 0 Å². The van der Waals surface area contributed by atoms with Gasteiger partial charge in [-0.25, -0.2) is 4.79 Å². The number of rotatable bonds is 1. The molecular formula is C9H16N2O2. The summed E-state index contributed by atoms with van der Waals surface area (Å²) in [5.74, 6) is 0.621. The van der Waals surface area contributed by atoms with Crippen molar-refractivity contribution in [3.8, 4) is 0 Å². The lowest BCUT2D eigenvalue weighted by molar-refractivity contribution is -0.0845. The van der Waals surface area contributed by atoms with Gasteiger partial charge in [0, 0.05) is 24.5 Å². The van der Waals surface area contributed by atoms with Crippen molar-refractivity contribution in [2.75, 3.05) is 13.1 Å². The topological polar surface area (TPSA) is 66.6 Å². The van der Waals surface area contributed by atoms with Crippen molar-refractivity contribution in [2.24, 2.45) is 17.1 Å². The maximum absolute atomic E-state index is 10.5. The number of likely N-dealkylation sites (tertiary alicyclic amines) is 1. The highest BCUT2D eigenvalue weighted by Gasteiger charge is 2.54. The zero-order valence-electron chi connectivity index (χ0n) is 7.86. The van der Waals surface area contributed by atoms with Crippen LogP contribution in [0.3, 0.4) is 0 Å². The monoisotopic (exact) mass is 184 g/mol. The number of nitrogens with zero attached hydrogens (tertiary/aromatic N) is 1. The van der Waals surface area contributed by atoms with Crippen LogP contribution in [0.15, 0.2) is 0 Å². The molecule has 1 unspecified atom stereocenters. The molecular weight excluding hydrogens is 168 g/mol. The second-order valence-electron chi connectivity index (χ2n) is 4.67.